The third-order valence-electron chi connectivity index (χ3n) is 1.03. The molecule has 4 nitrogen and oxygen atoms in total. The lowest BCUT2D eigenvalue weighted by atomic mass is 10.4. The summed E-state index contributed by atoms with van der Waals surface area (Å²) in [7, 11) is 0. The molecule has 0 aromatic rings. The van der Waals surface area contributed by atoms with Crippen LogP contribution in [0.15, 0.2) is 34.5 Å². The van der Waals surface area contributed by atoms with Crippen LogP contribution in [0, 0.1) is 0 Å². The van der Waals surface area contributed by atoms with Crippen LogP contribution in [-0.4, -0.2) is 17.8 Å². The van der Waals surface area contributed by atoms with Gasteiger partial charge >= 0.3 is 0 Å². The third-order valence-corrected chi connectivity index (χ3v) is 1.03. The van der Waals surface area contributed by atoms with Gasteiger partial charge in [0.2, 0.25) is 0 Å². The van der Waals surface area contributed by atoms with Crippen molar-refractivity contribution in [3.63, 3.8) is 0 Å². The van der Waals surface area contributed by atoms with Gasteiger partial charge in [-0.3, -0.25) is 9.79 Å². The maximum atomic E-state index is 10.6. The maximum absolute atomic E-state index is 10.6. The van der Waals surface area contributed by atoms with E-state index in [0.717, 1.165) is 0 Å². The monoisotopic (exact) mass is 149 g/mol. The van der Waals surface area contributed by atoms with Gasteiger partial charge in [0, 0.05) is 12.4 Å². The number of amides is 1. The first-order chi connectivity index (χ1) is 5.30. The van der Waals surface area contributed by atoms with Crippen LogP contribution in [0.1, 0.15) is 0 Å². The Morgan fingerprint density at radius 1 is 1.36 bits per heavy atom. The fourth-order valence-electron chi connectivity index (χ4n) is 0.547. The van der Waals surface area contributed by atoms with Gasteiger partial charge in [0.15, 0.2) is 0 Å². The number of carbonyl (C=O) groups excluding carboxylic acids is 1. The van der Waals surface area contributed by atoms with Gasteiger partial charge in [0.25, 0.3) is 5.91 Å². The van der Waals surface area contributed by atoms with Crippen molar-refractivity contribution in [1.29, 1.82) is 0 Å². The minimum Gasteiger partial charge on any atom is -0.364 e. The first kappa shape index (κ1) is 7.40. The molecule has 56 valence electrons. The van der Waals surface area contributed by atoms with E-state index in [1.165, 1.54) is 12.4 Å². The first-order valence-electron chi connectivity index (χ1n) is 3.03. The molecule has 0 atom stereocenters. The van der Waals surface area contributed by atoms with E-state index in [0.29, 0.717) is 0 Å². The average molecular weight is 149 g/mol. The number of carbonyl (C=O) groups is 1. The van der Waals surface area contributed by atoms with Crippen LogP contribution >= 0.6 is 0 Å². The molecule has 0 bridgehead atoms. The summed E-state index contributed by atoms with van der Waals surface area (Å²) in [6.45, 7) is 0. The van der Waals surface area contributed by atoms with E-state index in [-0.39, 0.29) is 5.71 Å². The molecule has 0 aliphatic carbocycles. The zero-order valence-corrected chi connectivity index (χ0v) is 5.77. The number of rotatable bonds is 1. The third kappa shape index (κ3) is 2.17. The van der Waals surface area contributed by atoms with Crippen molar-refractivity contribution in [2.45, 2.75) is 0 Å². The van der Waals surface area contributed by atoms with Gasteiger partial charge in [-0.15, -0.1) is 0 Å². The summed E-state index contributed by atoms with van der Waals surface area (Å²) < 4.78 is 0. The van der Waals surface area contributed by atoms with Crippen LogP contribution in [0.25, 0.3) is 0 Å². The topological polar surface area (TPSA) is 67.8 Å². The second-order valence-corrected chi connectivity index (χ2v) is 1.84. The quantitative estimate of drug-likeness (QED) is 0.561. The summed E-state index contributed by atoms with van der Waals surface area (Å²) in [6, 6.07) is 0. The van der Waals surface area contributed by atoms with Crippen LogP contribution in [0.2, 0.25) is 0 Å². The van der Waals surface area contributed by atoms with E-state index in [2.05, 4.69) is 9.98 Å². The Morgan fingerprint density at radius 3 is 2.82 bits per heavy atom. The number of hydrogen-bond donors (Lipinski definition) is 1. The van der Waals surface area contributed by atoms with Gasteiger partial charge in [-0.1, -0.05) is 0 Å². The Balaban J connectivity index is 2.87. The maximum Gasteiger partial charge on any atom is 0.268 e. The molecule has 0 aromatic heterocycles. The highest BCUT2D eigenvalue weighted by Gasteiger charge is 2.00. The fraction of sp³-hybridized carbons (Fsp3) is 0. The van der Waals surface area contributed by atoms with Gasteiger partial charge in [-0.25, -0.2) is 4.99 Å². The molecule has 4 heteroatoms. The summed E-state index contributed by atoms with van der Waals surface area (Å²) in [5, 5.41) is 0. The summed E-state index contributed by atoms with van der Waals surface area (Å²) in [5.41, 5.74) is 5.13. The van der Waals surface area contributed by atoms with Crippen molar-refractivity contribution >= 4 is 17.8 Å². The Bertz CT molecular complexity index is 273. The molecule has 1 aliphatic heterocycles. The lowest BCUT2D eigenvalue weighted by Gasteiger charge is -1.91. The van der Waals surface area contributed by atoms with Crippen molar-refractivity contribution in [2.75, 3.05) is 0 Å². The van der Waals surface area contributed by atoms with Crippen molar-refractivity contribution in [3.8, 4) is 0 Å². The standard InChI is InChI=1S/C7H7N3O/c8-7(11)6-5-9-3-1-2-4-10-6/h1-5H,(H2,8,11). The number of nitrogens with zero attached hydrogens (tertiary/aromatic N) is 2. The van der Waals surface area contributed by atoms with Gasteiger partial charge < -0.3 is 5.73 Å². The molecule has 2 N–H and O–H groups in total. The van der Waals surface area contributed by atoms with Gasteiger partial charge in [-0.05, 0) is 12.2 Å². The average Bonchev–Trinajstić information content (AvgIpc) is 1.84. The number of hydrogen-bond acceptors (Lipinski definition) is 3. The molecule has 1 rings (SSSR count). The lowest BCUT2D eigenvalue weighted by Crippen LogP contribution is -2.24. The summed E-state index contributed by atoms with van der Waals surface area (Å²) in [5.74, 6) is -0.575. The molecule has 0 saturated carbocycles. The van der Waals surface area contributed by atoms with Gasteiger partial charge in [0.05, 0.1) is 6.21 Å². The molecule has 1 aliphatic rings. The summed E-state index contributed by atoms with van der Waals surface area (Å²) >= 11 is 0. The molecule has 0 radical (unpaired) electrons. The molecule has 11 heavy (non-hydrogen) atoms. The summed E-state index contributed by atoms with van der Waals surface area (Å²) in [4.78, 5) is 18.1. The van der Waals surface area contributed by atoms with Crippen molar-refractivity contribution in [2.24, 2.45) is 15.7 Å². The zero-order valence-electron chi connectivity index (χ0n) is 5.77. The molecule has 0 saturated heterocycles. The van der Waals surface area contributed by atoms with Crippen LogP contribution in [0.5, 0.6) is 0 Å². The minimum atomic E-state index is -0.575. The smallest absolute Gasteiger partial charge is 0.268 e. The Hall–Kier alpha value is -1.71. The molecule has 1 amide bonds. The molecular weight excluding hydrogens is 142 g/mol. The fourth-order valence-corrected chi connectivity index (χ4v) is 0.547. The SMILES string of the molecule is NC(=O)C1=NC=CC=CN=C1. The highest BCUT2D eigenvalue weighted by atomic mass is 16.1. The molecule has 0 unspecified atom stereocenters. The predicted molar refractivity (Wildman–Crippen MR) is 43.4 cm³/mol. The Morgan fingerprint density at radius 2 is 2.09 bits per heavy atom. The Kier molecular flexibility index (Phi) is 2.32. The summed E-state index contributed by atoms with van der Waals surface area (Å²) in [6.07, 6.45) is 7.73. The van der Waals surface area contributed by atoms with Crippen LogP contribution in [0.3, 0.4) is 0 Å². The van der Waals surface area contributed by atoms with Crippen LogP contribution in [0.4, 0.5) is 0 Å². The molecule has 0 fully saturated rings. The molecule has 0 aromatic carbocycles. The van der Waals surface area contributed by atoms with Crippen molar-refractivity contribution in [1.82, 2.24) is 0 Å². The number of aliphatic imine (C=N–C) groups is 2. The largest absolute Gasteiger partial charge is 0.364 e. The number of allylic oxidation sites excluding steroid dienone is 2. The van der Waals surface area contributed by atoms with Crippen LogP contribution < -0.4 is 5.73 Å². The molecular formula is C7H7N3O. The van der Waals surface area contributed by atoms with Gasteiger partial charge in [-0.2, -0.15) is 0 Å². The second kappa shape index (κ2) is 3.46. The van der Waals surface area contributed by atoms with E-state index in [1.54, 1.807) is 18.4 Å². The minimum absolute atomic E-state index is 0.158. The van der Waals surface area contributed by atoms with Crippen molar-refractivity contribution < 1.29 is 4.79 Å². The van der Waals surface area contributed by atoms with Crippen molar-refractivity contribution in [3.05, 3.63) is 24.6 Å². The predicted octanol–water partition coefficient (Wildman–Crippen LogP) is 0.0245. The van der Waals surface area contributed by atoms with E-state index < -0.39 is 5.91 Å². The lowest BCUT2D eigenvalue weighted by molar-refractivity contribution is -0.111. The van der Waals surface area contributed by atoms with E-state index >= 15 is 0 Å². The van der Waals surface area contributed by atoms with Gasteiger partial charge in [0.1, 0.15) is 5.71 Å². The number of nitrogens with two attached hydrogens (primary N) is 1. The second-order valence-electron chi connectivity index (χ2n) is 1.84. The normalized spacial score (nSPS) is 15.5. The Labute approximate surface area is 63.8 Å². The zero-order chi connectivity index (χ0) is 8.10. The van der Waals surface area contributed by atoms with E-state index in [4.69, 9.17) is 5.73 Å². The first-order valence-corrected chi connectivity index (χ1v) is 3.03. The highest BCUT2D eigenvalue weighted by Crippen LogP contribution is 1.86. The number of primary amides is 1. The van der Waals surface area contributed by atoms with Crippen LogP contribution in [-0.2, 0) is 4.79 Å². The molecule has 1 heterocycles. The van der Waals surface area contributed by atoms with E-state index in [1.807, 2.05) is 0 Å². The molecule has 0 spiro atoms. The van der Waals surface area contributed by atoms with E-state index in [9.17, 15) is 4.79 Å². The highest BCUT2D eigenvalue weighted by molar-refractivity contribution is 6.60.